The van der Waals surface area contributed by atoms with Crippen molar-refractivity contribution in [2.45, 2.75) is 27.2 Å². The molecule has 0 aromatic heterocycles. The first kappa shape index (κ1) is 14.5. The molecule has 0 aliphatic carbocycles. The molecule has 1 unspecified atom stereocenters. The van der Waals surface area contributed by atoms with Crippen LogP contribution in [0, 0.1) is 11.3 Å². The maximum absolute atomic E-state index is 9.32. The van der Waals surface area contributed by atoms with Gasteiger partial charge in [-0.05, 0) is 36.1 Å². The molecule has 1 atom stereocenters. The van der Waals surface area contributed by atoms with Crippen molar-refractivity contribution in [1.29, 1.82) is 0 Å². The third-order valence-electron chi connectivity index (χ3n) is 2.46. The van der Waals surface area contributed by atoms with Gasteiger partial charge in [0.1, 0.15) is 5.75 Å². The summed E-state index contributed by atoms with van der Waals surface area (Å²) in [4.78, 5) is 0. The Morgan fingerprint density at radius 1 is 1.24 bits per heavy atom. The Kier molecular flexibility index (Phi) is 5.47. The van der Waals surface area contributed by atoms with E-state index in [9.17, 15) is 5.11 Å². The van der Waals surface area contributed by atoms with E-state index in [2.05, 4.69) is 36.7 Å². The van der Waals surface area contributed by atoms with Gasteiger partial charge in [0.25, 0.3) is 0 Å². The van der Waals surface area contributed by atoms with Gasteiger partial charge >= 0.3 is 0 Å². The molecule has 0 heterocycles. The van der Waals surface area contributed by atoms with Gasteiger partial charge in [-0.2, -0.15) is 0 Å². The molecule has 0 spiro atoms. The summed E-state index contributed by atoms with van der Waals surface area (Å²) in [6, 6.07) is 7.76. The Morgan fingerprint density at radius 2 is 1.82 bits per heavy atom. The Balaban J connectivity index is 2.45. The zero-order valence-corrected chi connectivity index (χ0v) is 12.3. The first-order valence-electron chi connectivity index (χ1n) is 5.90. The van der Waals surface area contributed by atoms with E-state index in [4.69, 9.17) is 4.74 Å². The second-order valence-corrected chi connectivity index (χ2v) is 6.49. The minimum Gasteiger partial charge on any atom is -0.493 e. The molecular formula is C14H21BrO2. The van der Waals surface area contributed by atoms with Crippen LogP contribution in [0.1, 0.15) is 27.2 Å². The van der Waals surface area contributed by atoms with Crippen LogP contribution in [0.15, 0.2) is 28.7 Å². The van der Waals surface area contributed by atoms with E-state index in [-0.39, 0.29) is 17.9 Å². The van der Waals surface area contributed by atoms with Gasteiger partial charge in [0.15, 0.2) is 0 Å². The van der Waals surface area contributed by atoms with Gasteiger partial charge in [-0.25, -0.2) is 0 Å². The van der Waals surface area contributed by atoms with Crippen molar-refractivity contribution in [1.82, 2.24) is 0 Å². The summed E-state index contributed by atoms with van der Waals surface area (Å²) in [5.74, 6) is 1.04. The first-order valence-corrected chi connectivity index (χ1v) is 6.69. The molecule has 0 radical (unpaired) electrons. The van der Waals surface area contributed by atoms with Gasteiger partial charge in [-0.3, -0.25) is 0 Å². The number of hydrogen-bond donors (Lipinski definition) is 1. The molecule has 1 rings (SSSR count). The van der Waals surface area contributed by atoms with Gasteiger partial charge in [0.2, 0.25) is 0 Å². The fraction of sp³-hybridized carbons (Fsp3) is 0.571. The molecule has 0 saturated heterocycles. The highest BCUT2D eigenvalue weighted by Gasteiger charge is 2.18. The van der Waals surface area contributed by atoms with Crippen LogP contribution in [0.5, 0.6) is 5.75 Å². The molecule has 3 heteroatoms. The average molecular weight is 301 g/mol. The molecule has 0 aliphatic heterocycles. The topological polar surface area (TPSA) is 29.5 Å². The van der Waals surface area contributed by atoms with Crippen LogP contribution >= 0.6 is 15.9 Å². The Morgan fingerprint density at radius 3 is 2.29 bits per heavy atom. The van der Waals surface area contributed by atoms with Gasteiger partial charge in [-0.1, -0.05) is 36.7 Å². The predicted molar refractivity (Wildman–Crippen MR) is 74.3 cm³/mol. The molecule has 0 fully saturated rings. The monoisotopic (exact) mass is 300 g/mol. The summed E-state index contributed by atoms with van der Waals surface area (Å²) in [5, 5.41) is 9.32. The van der Waals surface area contributed by atoms with Crippen LogP contribution in [0.2, 0.25) is 0 Å². The SMILES string of the molecule is CC(C)(C)CC(CO)COc1ccc(Br)cc1. The summed E-state index contributed by atoms with van der Waals surface area (Å²) < 4.78 is 6.72. The minimum absolute atomic E-state index is 0.174. The quantitative estimate of drug-likeness (QED) is 0.894. The molecule has 1 N–H and O–H groups in total. The number of aliphatic hydroxyl groups excluding tert-OH is 1. The summed E-state index contributed by atoms with van der Waals surface area (Å²) >= 11 is 3.38. The van der Waals surface area contributed by atoms with Crippen molar-refractivity contribution >= 4 is 15.9 Å². The smallest absolute Gasteiger partial charge is 0.119 e. The number of ether oxygens (including phenoxy) is 1. The molecule has 0 aliphatic rings. The van der Waals surface area contributed by atoms with Crippen molar-refractivity contribution in [2.75, 3.05) is 13.2 Å². The molecule has 1 aromatic carbocycles. The molecule has 96 valence electrons. The van der Waals surface area contributed by atoms with Crippen LogP contribution < -0.4 is 4.74 Å². The van der Waals surface area contributed by atoms with Crippen molar-refractivity contribution < 1.29 is 9.84 Å². The van der Waals surface area contributed by atoms with Crippen molar-refractivity contribution in [3.63, 3.8) is 0 Å². The van der Waals surface area contributed by atoms with E-state index in [1.54, 1.807) is 0 Å². The number of rotatable bonds is 5. The Labute approximate surface area is 112 Å². The zero-order valence-electron chi connectivity index (χ0n) is 10.7. The van der Waals surface area contributed by atoms with Crippen LogP contribution in [0.25, 0.3) is 0 Å². The van der Waals surface area contributed by atoms with E-state index in [1.807, 2.05) is 24.3 Å². The summed E-state index contributed by atoms with van der Waals surface area (Å²) in [7, 11) is 0. The fourth-order valence-electron chi connectivity index (χ4n) is 1.79. The molecule has 0 bridgehead atoms. The number of hydrogen-bond acceptors (Lipinski definition) is 2. The largest absolute Gasteiger partial charge is 0.493 e. The highest BCUT2D eigenvalue weighted by atomic mass is 79.9. The predicted octanol–water partition coefficient (Wildman–Crippen LogP) is 3.87. The van der Waals surface area contributed by atoms with Gasteiger partial charge < -0.3 is 9.84 Å². The van der Waals surface area contributed by atoms with Crippen molar-refractivity contribution in [3.05, 3.63) is 28.7 Å². The first-order chi connectivity index (χ1) is 7.90. The van der Waals surface area contributed by atoms with E-state index in [0.29, 0.717) is 6.61 Å². The lowest BCUT2D eigenvalue weighted by molar-refractivity contribution is 0.126. The lowest BCUT2D eigenvalue weighted by Crippen LogP contribution is -2.22. The highest BCUT2D eigenvalue weighted by Crippen LogP contribution is 2.25. The second kappa shape index (κ2) is 6.41. The maximum Gasteiger partial charge on any atom is 0.119 e. The fourth-order valence-corrected chi connectivity index (χ4v) is 2.05. The van der Waals surface area contributed by atoms with Gasteiger partial charge in [-0.15, -0.1) is 0 Å². The average Bonchev–Trinajstić information content (AvgIpc) is 2.25. The van der Waals surface area contributed by atoms with Crippen molar-refractivity contribution in [3.8, 4) is 5.75 Å². The zero-order chi connectivity index (χ0) is 12.9. The number of halogens is 1. The molecule has 2 nitrogen and oxygen atoms in total. The van der Waals surface area contributed by atoms with Gasteiger partial charge in [0, 0.05) is 17.0 Å². The second-order valence-electron chi connectivity index (χ2n) is 5.58. The standard InChI is InChI=1S/C14H21BrO2/c1-14(2,3)8-11(9-16)10-17-13-6-4-12(15)5-7-13/h4-7,11,16H,8-10H2,1-3H3. The lowest BCUT2D eigenvalue weighted by atomic mass is 9.85. The summed E-state index contributed by atoms with van der Waals surface area (Å²) in [6.45, 7) is 7.27. The highest BCUT2D eigenvalue weighted by molar-refractivity contribution is 9.10. The third kappa shape index (κ3) is 6.08. The molecular weight excluding hydrogens is 280 g/mol. The lowest BCUT2D eigenvalue weighted by Gasteiger charge is -2.24. The maximum atomic E-state index is 9.32. The molecule has 0 amide bonds. The van der Waals surface area contributed by atoms with Crippen LogP contribution in [-0.2, 0) is 0 Å². The van der Waals surface area contributed by atoms with Crippen LogP contribution in [-0.4, -0.2) is 18.3 Å². The summed E-state index contributed by atoms with van der Waals surface area (Å²) in [5.41, 5.74) is 0.219. The number of benzene rings is 1. The van der Waals surface area contributed by atoms with Crippen LogP contribution in [0.4, 0.5) is 0 Å². The molecule has 1 aromatic rings. The Bertz CT molecular complexity index is 327. The van der Waals surface area contributed by atoms with E-state index in [0.717, 1.165) is 16.6 Å². The summed E-state index contributed by atoms with van der Waals surface area (Å²) in [6.07, 6.45) is 0.958. The molecule has 17 heavy (non-hydrogen) atoms. The van der Waals surface area contributed by atoms with E-state index < -0.39 is 0 Å². The third-order valence-corrected chi connectivity index (χ3v) is 2.99. The van der Waals surface area contributed by atoms with E-state index >= 15 is 0 Å². The van der Waals surface area contributed by atoms with Gasteiger partial charge in [0.05, 0.1) is 6.61 Å². The number of aliphatic hydroxyl groups is 1. The molecule has 0 saturated carbocycles. The Hall–Kier alpha value is -0.540. The normalized spacial score (nSPS) is 13.5. The van der Waals surface area contributed by atoms with Crippen molar-refractivity contribution in [2.24, 2.45) is 11.3 Å². The van der Waals surface area contributed by atoms with Crippen LogP contribution in [0.3, 0.4) is 0 Å². The van der Waals surface area contributed by atoms with E-state index in [1.165, 1.54) is 0 Å². The minimum atomic E-state index is 0.174.